The standard InChI is InChI=1S/C18H20N2O4/c1-18(2)17(21)16(19-11-12-6-4-3-5-7-12)14-10-13(20(22)23)8-9-15(14)24-18/h3-10,16-17,19,21H,11H2,1-2H3/t16-,17+/m0/s1. The third-order valence-corrected chi connectivity index (χ3v) is 4.31. The zero-order valence-corrected chi connectivity index (χ0v) is 13.6. The summed E-state index contributed by atoms with van der Waals surface area (Å²) in [5, 5.41) is 25.1. The van der Waals surface area contributed by atoms with E-state index in [4.69, 9.17) is 4.74 Å². The van der Waals surface area contributed by atoms with E-state index in [-0.39, 0.29) is 5.69 Å². The second-order valence-electron chi connectivity index (χ2n) is 6.47. The number of aliphatic hydroxyl groups excluding tert-OH is 1. The van der Waals surface area contributed by atoms with Gasteiger partial charge in [0.25, 0.3) is 5.69 Å². The lowest BCUT2D eigenvalue weighted by molar-refractivity contribution is -0.385. The smallest absolute Gasteiger partial charge is 0.270 e. The Morgan fingerprint density at radius 3 is 2.62 bits per heavy atom. The van der Waals surface area contributed by atoms with E-state index >= 15 is 0 Å². The van der Waals surface area contributed by atoms with Crippen LogP contribution in [0.2, 0.25) is 0 Å². The fourth-order valence-corrected chi connectivity index (χ4v) is 2.95. The van der Waals surface area contributed by atoms with E-state index in [1.807, 2.05) is 30.3 Å². The normalized spacial score (nSPS) is 21.6. The topological polar surface area (TPSA) is 84.6 Å². The summed E-state index contributed by atoms with van der Waals surface area (Å²) in [4.78, 5) is 10.6. The number of nitrogens with zero attached hydrogens (tertiary/aromatic N) is 1. The van der Waals surface area contributed by atoms with Gasteiger partial charge < -0.3 is 15.2 Å². The Bertz CT molecular complexity index is 746. The number of benzene rings is 2. The molecule has 126 valence electrons. The van der Waals surface area contributed by atoms with Gasteiger partial charge in [0.15, 0.2) is 0 Å². The van der Waals surface area contributed by atoms with E-state index in [0.29, 0.717) is 17.9 Å². The van der Waals surface area contributed by atoms with Crippen LogP contribution in [0.5, 0.6) is 5.75 Å². The highest BCUT2D eigenvalue weighted by atomic mass is 16.6. The monoisotopic (exact) mass is 328 g/mol. The Hall–Kier alpha value is -2.44. The molecule has 2 atom stereocenters. The summed E-state index contributed by atoms with van der Waals surface area (Å²) >= 11 is 0. The molecule has 0 aromatic heterocycles. The van der Waals surface area contributed by atoms with Gasteiger partial charge >= 0.3 is 0 Å². The zero-order chi connectivity index (χ0) is 17.3. The fourth-order valence-electron chi connectivity index (χ4n) is 2.95. The Morgan fingerprint density at radius 2 is 1.96 bits per heavy atom. The number of non-ortho nitro benzene ring substituents is 1. The van der Waals surface area contributed by atoms with Gasteiger partial charge in [-0.2, -0.15) is 0 Å². The number of fused-ring (bicyclic) bond motifs is 1. The number of aliphatic hydroxyl groups is 1. The van der Waals surface area contributed by atoms with Crippen molar-refractivity contribution in [2.75, 3.05) is 0 Å². The molecule has 2 N–H and O–H groups in total. The van der Waals surface area contributed by atoms with Crippen LogP contribution in [0.1, 0.15) is 31.0 Å². The molecule has 0 fully saturated rings. The van der Waals surface area contributed by atoms with Gasteiger partial charge in [-0.1, -0.05) is 30.3 Å². The minimum atomic E-state index is -0.837. The summed E-state index contributed by atoms with van der Waals surface area (Å²) in [7, 11) is 0. The summed E-state index contributed by atoms with van der Waals surface area (Å²) < 4.78 is 5.84. The highest BCUT2D eigenvalue weighted by Gasteiger charge is 2.43. The molecule has 0 bridgehead atoms. The van der Waals surface area contributed by atoms with Crippen LogP contribution in [-0.4, -0.2) is 21.7 Å². The van der Waals surface area contributed by atoms with Crippen LogP contribution in [0.3, 0.4) is 0 Å². The van der Waals surface area contributed by atoms with Gasteiger partial charge in [-0.15, -0.1) is 0 Å². The number of nitro benzene ring substituents is 1. The molecular weight excluding hydrogens is 308 g/mol. The predicted octanol–water partition coefficient (Wildman–Crippen LogP) is 2.96. The van der Waals surface area contributed by atoms with Gasteiger partial charge in [-0.05, 0) is 25.5 Å². The van der Waals surface area contributed by atoms with Crippen molar-refractivity contribution in [1.82, 2.24) is 5.32 Å². The maximum atomic E-state index is 11.1. The lowest BCUT2D eigenvalue weighted by Crippen LogP contribution is -2.52. The molecule has 1 heterocycles. The van der Waals surface area contributed by atoms with Crippen molar-refractivity contribution in [1.29, 1.82) is 0 Å². The van der Waals surface area contributed by atoms with Crippen LogP contribution in [-0.2, 0) is 6.54 Å². The summed E-state index contributed by atoms with van der Waals surface area (Å²) in [6.07, 6.45) is -0.837. The average Bonchev–Trinajstić information content (AvgIpc) is 2.55. The van der Waals surface area contributed by atoms with Crippen LogP contribution < -0.4 is 10.1 Å². The molecule has 6 nitrogen and oxygen atoms in total. The molecule has 2 aromatic carbocycles. The number of rotatable bonds is 4. The number of hydrogen-bond donors (Lipinski definition) is 2. The molecule has 1 aliphatic rings. The van der Waals surface area contributed by atoms with Crippen molar-refractivity contribution in [3.63, 3.8) is 0 Å². The summed E-state index contributed by atoms with van der Waals surface area (Å²) in [6, 6.07) is 13.8. The van der Waals surface area contributed by atoms with Crippen molar-refractivity contribution in [2.24, 2.45) is 0 Å². The summed E-state index contributed by atoms with van der Waals surface area (Å²) in [5.74, 6) is 0.557. The lowest BCUT2D eigenvalue weighted by atomic mass is 9.86. The maximum absolute atomic E-state index is 11.1. The molecule has 24 heavy (non-hydrogen) atoms. The lowest BCUT2D eigenvalue weighted by Gasteiger charge is -2.42. The van der Waals surface area contributed by atoms with E-state index in [1.54, 1.807) is 19.9 Å². The molecule has 0 aliphatic carbocycles. The van der Waals surface area contributed by atoms with Gasteiger partial charge in [-0.3, -0.25) is 10.1 Å². The maximum Gasteiger partial charge on any atom is 0.270 e. The molecule has 0 spiro atoms. The first-order chi connectivity index (χ1) is 11.4. The zero-order valence-electron chi connectivity index (χ0n) is 13.6. The predicted molar refractivity (Wildman–Crippen MR) is 89.8 cm³/mol. The minimum Gasteiger partial charge on any atom is -0.485 e. The third kappa shape index (κ3) is 3.11. The van der Waals surface area contributed by atoms with Crippen molar-refractivity contribution in [3.8, 4) is 5.75 Å². The van der Waals surface area contributed by atoms with Crippen molar-refractivity contribution >= 4 is 5.69 Å². The fraction of sp³-hybridized carbons (Fsp3) is 0.333. The summed E-state index contributed by atoms with van der Waals surface area (Å²) in [6.45, 7) is 4.15. The van der Waals surface area contributed by atoms with E-state index in [2.05, 4.69) is 5.32 Å². The SMILES string of the molecule is CC1(C)Oc2ccc([N+](=O)[O-])cc2[C@H](NCc2ccccc2)[C@H]1O. The van der Waals surface area contributed by atoms with Gasteiger partial charge in [0.05, 0.1) is 11.0 Å². The van der Waals surface area contributed by atoms with Crippen LogP contribution in [0, 0.1) is 10.1 Å². The number of nitro groups is 1. The quantitative estimate of drug-likeness (QED) is 0.666. The molecule has 6 heteroatoms. The molecule has 0 amide bonds. The first kappa shape index (κ1) is 16.4. The van der Waals surface area contributed by atoms with Gasteiger partial charge in [-0.25, -0.2) is 0 Å². The molecule has 1 aliphatic heterocycles. The molecule has 0 saturated carbocycles. The molecule has 3 rings (SSSR count). The summed E-state index contributed by atoms with van der Waals surface area (Å²) in [5.41, 5.74) is 0.862. The molecule has 0 radical (unpaired) electrons. The first-order valence-electron chi connectivity index (χ1n) is 7.81. The van der Waals surface area contributed by atoms with Crippen LogP contribution in [0.4, 0.5) is 5.69 Å². The Morgan fingerprint density at radius 1 is 1.25 bits per heavy atom. The molecular formula is C18H20N2O4. The first-order valence-corrected chi connectivity index (χ1v) is 7.81. The highest BCUT2D eigenvalue weighted by molar-refractivity contribution is 5.48. The van der Waals surface area contributed by atoms with Crippen LogP contribution >= 0.6 is 0 Å². The van der Waals surface area contributed by atoms with E-state index in [1.165, 1.54) is 12.1 Å². The number of hydrogen-bond acceptors (Lipinski definition) is 5. The van der Waals surface area contributed by atoms with Crippen LogP contribution in [0.15, 0.2) is 48.5 Å². The van der Waals surface area contributed by atoms with E-state index < -0.39 is 22.7 Å². The second kappa shape index (κ2) is 6.22. The number of nitrogens with one attached hydrogen (secondary N) is 1. The minimum absolute atomic E-state index is 0.0178. The van der Waals surface area contributed by atoms with E-state index in [9.17, 15) is 15.2 Å². The third-order valence-electron chi connectivity index (χ3n) is 4.31. The Balaban J connectivity index is 1.94. The van der Waals surface area contributed by atoms with Crippen molar-refractivity contribution in [3.05, 3.63) is 69.8 Å². The molecule has 2 aromatic rings. The molecule has 0 unspecified atom stereocenters. The van der Waals surface area contributed by atoms with Crippen molar-refractivity contribution in [2.45, 2.75) is 38.1 Å². The Kier molecular flexibility index (Phi) is 4.26. The van der Waals surface area contributed by atoms with Gasteiger partial charge in [0.1, 0.15) is 17.5 Å². The van der Waals surface area contributed by atoms with Gasteiger partial charge in [0, 0.05) is 24.2 Å². The second-order valence-corrected chi connectivity index (χ2v) is 6.47. The van der Waals surface area contributed by atoms with E-state index in [0.717, 1.165) is 5.56 Å². The van der Waals surface area contributed by atoms with Gasteiger partial charge in [0.2, 0.25) is 0 Å². The molecule has 0 saturated heterocycles. The average molecular weight is 328 g/mol. The largest absolute Gasteiger partial charge is 0.485 e. The van der Waals surface area contributed by atoms with Crippen molar-refractivity contribution < 1.29 is 14.8 Å². The highest BCUT2D eigenvalue weighted by Crippen LogP contribution is 2.41. The number of ether oxygens (including phenoxy) is 1. The Labute approximate surface area is 140 Å². The van der Waals surface area contributed by atoms with Crippen LogP contribution in [0.25, 0.3) is 0 Å².